The number of hydrogen-bond donors (Lipinski definition) is 1. The van der Waals surface area contributed by atoms with Crippen molar-refractivity contribution in [3.8, 4) is 5.75 Å². The molecule has 1 aromatic rings. The van der Waals surface area contributed by atoms with E-state index < -0.39 is 0 Å². The smallest absolute Gasteiger partial charge is 0.123 e. The summed E-state index contributed by atoms with van der Waals surface area (Å²) in [6, 6.07) is 6.19. The average Bonchev–Trinajstić information content (AvgIpc) is 2.78. The van der Waals surface area contributed by atoms with Gasteiger partial charge >= 0.3 is 0 Å². The zero-order valence-corrected chi connectivity index (χ0v) is 12.3. The molecule has 4 nitrogen and oxygen atoms in total. The van der Waals surface area contributed by atoms with Gasteiger partial charge in [-0.1, -0.05) is 17.7 Å². The Morgan fingerprint density at radius 2 is 2.05 bits per heavy atom. The van der Waals surface area contributed by atoms with E-state index >= 15 is 0 Å². The molecule has 0 radical (unpaired) electrons. The fraction of sp³-hybridized carbons (Fsp3) is 0.625. The van der Waals surface area contributed by atoms with E-state index in [1.54, 1.807) is 7.11 Å². The van der Waals surface area contributed by atoms with Gasteiger partial charge in [-0.05, 0) is 25.8 Å². The molecule has 3 atom stereocenters. The molecule has 2 aliphatic heterocycles. The van der Waals surface area contributed by atoms with Gasteiger partial charge in [-0.3, -0.25) is 4.90 Å². The van der Waals surface area contributed by atoms with Crippen LogP contribution < -0.4 is 10.5 Å². The molecule has 20 heavy (non-hydrogen) atoms. The van der Waals surface area contributed by atoms with Gasteiger partial charge in [-0.15, -0.1) is 0 Å². The molecular weight excluding hydrogens is 252 g/mol. The van der Waals surface area contributed by atoms with Crippen molar-refractivity contribution >= 4 is 0 Å². The van der Waals surface area contributed by atoms with Crippen molar-refractivity contribution in [2.45, 2.75) is 38.0 Å². The molecule has 0 spiro atoms. The fourth-order valence-electron chi connectivity index (χ4n) is 3.37. The predicted molar refractivity (Wildman–Crippen MR) is 79.0 cm³/mol. The highest BCUT2D eigenvalue weighted by atomic mass is 16.5. The van der Waals surface area contributed by atoms with Gasteiger partial charge in [0, 0.05) is 31.2 Å². The first-order chi connectivity index (χ1) is 9.65. The maximum absolute atomic E-state index is 6.42. The fourth-order valence-corrected chi connectivity index (χ4v) is 3.37. The van der Waals surface area contributed by atoms with Crippen LogP contribution in [0.15, 0.2) is 18.2 Å². The maximum Gasteiger partial charge on any atom is 0.123 e. The maximum atomic E-state index is 6.42. The van der Waals surface area contributed by atoms with Crippen molar-refractivity contribution < 1.29 is 9.47 Å². The van der Waals surface area contributed by atoms with Gasteiger partial charge in [-0.2, -0.15) is 0 Å². The van der Waals surface area contributed by atoms with Crippen LogP contribution in [0.1, 0.15) is 30.0 Å². The second-order valence-electron chi connectivity index (χ2n) is 6.03. The van der Waals surface area contributed by atoms with Gasteiger partial charge in [0.1, 0.15) is 5.75 Å². The molecule has 0 amide bonds. The Labute approximate surface area is 120 Å². The number of nitrogens with two attached hydrogens (primary N) is 1. The quantitative estimate of drug-likeness (QED) is 0.912. The average molecular weight is 276 g/mol. The van der Waals surface area contributed by atoms with Gasteiger partial charge in [0.2, 0.25) is 0 Å². The minimum Gasteiger partial charge on any atom is -0.496 e. The molecule has 3 unspecified atom stereocenters. The molecule has 2 aliphatic rings. The number of rotatable bonds is 4. The zero-order valence-electron chi connectivity index (χ0n) is 12.3. The van der Waals surface area contributed by atoms with Crippen LogP contribution in [-0.4, -0.2) is 43.9 Å². The predicted octanol–water partition coefficient (Wildman–Crippen LogP) is 1.87. The van der Waals surface area contributed by atoms with Crippen LogP contribution in [0.25, 0.3) is 0 Å². The van der Waals surface area contributed by atoms with Crippen molar-refractivity contribution in [3.05, 3.63) is 29.3 Å². The Morgan fingerprint density at radius 1 is 1.35 bits per heavy atom. The Balaban J connectivity index is 1.69. The van der Waals surface area contributed by atoms with E-state index in [1.165, 1.54) is 18.4 Å². The van der Waals surface area contributed by atoms with Crippen LogP contribution in [0.3, 0.4) is 0 Å². The van der Waals surface area contributed by atoms with Crippen molar-refractivity contribution in [1.82, 2.24) is 4.90 Å². The van der Waals surface area contributed by atoms with Gasteiger partial charge < -0.3 is 15.2 Å². The summed E-state index contributed by atoms with van der Waals surface area (Å²) in [7, 11) is 1.70. The highest BCUT2D eigenvalue weighted by molar-refractivity contribution is 5.39. The minimum absolute atomic E-state index is 0.0117. The first kappa shape index (κ1) is 13.9. The van der Waals surface area contributed by atoms with Crippen molar-refractivity contribution in [3.63, 3.8) is 0 Å². The lowest BCUT2D eigenvalue weighted by atomic mass is 10.0. The summed E-state index contributed by atoms with van der Waals surface area (Å²) in [5.41, 5.74) is 8.74. The first-order valence-electron chi connectivity index (χ1n) is 7.43. The third kappa shape index (κ3) is 2.82. The lowest BCUT2D eigenvalue weighted by molar-refractivity contribution is -0.0397. The topological polar surface area (TPSA) is 47.7 Å². The molecule has 3 rings (SSSR count). The van der Waals surface area contributed by atoms with Crippen LogP contribution >= 0.6 is 0 Å². The number of ether oxygens (including phenoxy) is 2. The Morgan fingerprint density at radius 3 is 2.70 bits per heavy atom. The minimum atomic E-state index is -0.0117. The molecule has 110 valence electrons. The van der Waals surface area contributed by atoms with E-state index in [1.807, 2.05) is 6.07 Å². The Hall–Kier alpha value is -1.10. The van der Waals surface area contributed by atoms with Crippen molar-refractivity contribution in [2.75, 3.05) is 26.7 Å². The third-order valence-corrected chi connectivity index (χ3v) is 4.36. The molecule has 0 saturated carbocycles. The van der Waals surface area contributed by atoms with E-state index in [0.29, 0.717) is 12.2 Å². The summed E-state index contributed by atoms with van der Waals surface area (Å²) in [6.07, 6.45) is 3.23. The van der Waals surface area contributed by atoms with Crippen LogP contribution in [-0.2, 0) is 4.74 Å². The number of fused-ring (bicyclic) bond motifs is 2. The highest BCUT2D eigenvalue weighted by Gasteiger charge is 2.34. The largest absolute Gasteiger partial charge is 0.496 e. The van der Waals surface area contributed by atoms with E-state index in [4.69, 9.17) is 15.2 Å². The molecule has 0 aromatic heterocycles. The molecule has 4 heteroatoms. The lowest BCUT2D eigenvalue weighted by Crippen LogP contribution is -2.45. The number of hydrogen-bond acceptors (Lipinski definition) is 4. The molecule has 2 heterocycles. The number of benzene rings is 1. The number of likely N-dealkylation sites (tertiary alicyclic amines) is 1. The number of methoxy groups -OCH3 is 1. The summed E-state index contributed by atoms with van der Waals surface area (Å²) >= 11 is 0. The van der Waals surface area contributed by atoms with Gasteiger partial charge in [0.25, 0.3) is 0 Å². The molecule has 2 fully saturated rings. The van der Waals surface area contributed by atoms with Crippen molar-refractivity contribution in [1.29, 1.82) is 0 Å². The van der Waals surface area contributed by atoms with Crippen LogP contribution in [0.2, 0.25) is 0 Å². The molecule has 2 bridgehead atoms. The number of nitrogens with zero attached hydrogens (tertiary/aromatic N) is 1. The highest BCUT2D eigenvalue weighted by Crippen LogP contribution is 2.29. The van der Waals surface area contributed by atoms with Gasteiger partial charge in [0.05, 0.1) is 19.3 Å². The SMILES string of the molecule is COc1ccc(C)cc1C(N)CN1CC2CCC(C1)O2. The number of aryl methyl sites for hydroxylation is 1. The first-order valence-corrected chi connectivity index (χ1v) is 7.43. The number of morpholine rings is 1. The van der Waals surface area contributed by atoms with E-state index in [2.05, 4.69) is 24.0 Å². The monoisotopic (exact) mass is 276 g/mol. The third-order valence-electron chi connectivity index (χ3n) is 4.36. The molecule has 2 N–H and O–H groups in total. The van der Waals surface area contributed by atoms with E-state index in [-0.39, 0.29) is 6.04 Å². The Bertz CT molecular complexity index is 466. The normalized spacial score (nSPS) is 27.6. The second kappa shape index (κ2) is 5.72. The zero-order chi connectivity index (χ0) is 14.1. The van der Waals surface area contributed by atoms with Crippen LogP contribution in [0, 0.1) is 6.92 Å². The molecule has 1 aromatic carbocycles. The van der Waals surface area contributed by atoms with E-state index in [0.717, 1.165) is 30.9 Å². The summed E-state index contributed by atoms with van der Waals surface area (Å²) in [5, 5.41) is 0. The lowest BCUT2D eigenvalue weighted by Gasteiger charge is -2.34. The summed E-state index contributed by atoms with van der Waals surface area (Å²) < 4.78 is 11.3. The van der Waals surface area contributed by atoms with Gasteiger partial charge in [0.15, 0.2) is 0 Å². The summed E-state index contributed by atoms with van der Waals surface area (Å²) in [4.78, 5) is 2.44. The van der Waals surface area contributed by atoms with Crippen molar-refractivity contribution in [2.24, 2.45) is 5.73 Å². The van der Waals surface area contributed by atoms with Crippen LogP contribution in [0.5, 0.6) is 5.75 Å². The summed E-state index contributed by atoms with van der Waals surface area (Å²) in [6.45, 7) is 4.98. The molecule has 2 saturated heterocycles. The molecule has 0 aliphatic carbocycles. The second-order valence-corrected chi connectivity index (χ2v) is 6.03. The molecular formula is C16H24N2O2. The van der Waals surface area contributed by atoms with Gasteiger partial charge in [-0.25, -0.2) is 0 Å². The van der Waals surface area contributed by atoms with E-state index in [9.17, 15) is 0 Å². The Kier molecular flexibility index (Phi) is 3.96. The standard InChI is InChI=1S/C16H24N2O2/c1-11-3-6-16(19-2)14(7-11)15(17)10-18-8-12-4-5-13(9-18)20-12/h3,6-7,12-13,15H,4-5,8-10,17H2,1-2H3. The van der Waals surface area contributed by atoms with Crippen LogP contribution in [0.4, 0.5) is 0 Å². The summed E-state index contributed by atoms with van der Waals surface area (Å²) in [5.74, 6) is 0.888.